The lowest BCUT2D eigenvalue weighted by molar-refractivity contribution is -0.394. The summed E-state index contributed by atoms with van der Waals surface area (Å²) in [6.45, 7) is 0. The number of phenolic OH excluding ortho intramolecular Hbond substituents is 1. The molecule has 1 aromatic rings. The second kappa shape index (κ2) is 9.90. The first-order valence-corrected chi connectivity index (χ1v) is 12.1. The summed E-state index contributed by atoms with van der Waals surface area (Å²) in [5.41, 5.74) is -1.43. The molecule has 1 aliphatic heterocycles. The first kappa shape index (κ1) is 23.2. The number of thioether (sulfide) groups is 1. The normalized spacial score (nSPS) is 22.9. The number of hydrogen-bond acceptors (Lipinski definition) is 8. The Bertz CT molecular complexity index is 1030. The Hall–Kier alpha value is -2.95. The van der Waals surface area contributed by atoms with E-state index in [1.54, 1.807) is 4.90 Å². The smallest absolute Gasteiger partial charge is 0.318 e. The Morgan fingerprint density at radius 1 is 1.00 bits per heavy atom. The number of aromatic hydroxyl groups is 1. The molecule has 0 bridgehead atoms. The quantitative estimate of drug-likeness (QED) is 0.354. The van der Waals surface area contributed by atoms with Crippen LogP contribution in [0.15, 0.2) is 22.0 Å². The van der Waals surface area contributed by atoms with Crippen LogP contribution in [0.1, 0.15) is 69.8 Å². The number of carbonyl (C=O) groups is 1. The average Bonchev–Trinajstić information content (AvgIpc) is 3.10. The predicted molar refractivity (Wildman–Crippen MR) is 125 cm³/mol. The second-order valence-corrected chi connectivity index (χ2v) is 9.71. The van der Waals surface area contributed by atoms with E-state index in [9.17, 15) is 30.1 Å². The van der Waals surface area contributed by atoms with Gasteiger partial charge in [-0.1, -0.05) is 38.5 Å². The van der Waals surface area contributed by atoms with Crippen LogP contribution in [0.25, 0.3) is 6.08 Å². The maximum atomic E-state index is 13.4. The van der Waals surface area contributed by atoms with Gasteiger partial charge in [-0.15, -0.1) is 0 Å². The van der Waals surface area contributed by atoms with Crippen LogP contribution in [-0.4, -0.2) is 43.0 Å². The second-order valence-electron chi connectivity index (χ2n) is 8.70. The summed E-state index contributed by atoms with van der Waals surface area (Å²) < 4.78 is 0. The molecule has 1 saturated heterocycles. The molecule has 2 aliphatic carbocycles. The molecule has 1 amide bonds. The molecule has 0 radical (unpaired) electrons. The number of rotatable bonds is 5. The van der Waals surface area contributed by atoms with E-state index in [4.69, 9.17) is 4.99 Å². The van der Waals surface area contributed by atoms with Gasteiger partial charge in [-0.2, -0.15) is 0 Å². The minimum absolute atomic E-state index is 0.0417. The molecule has 11 heteroatoms. The van der Waals surface area contributed by atoms with E-state index in [1.807, 2.05) is 0 Å². The Balaban J connectivity index is 1.73. The maximum Gasteiger partial charge on any atom is 0.318 e. The van der Waals surface area contributed by atoms with Crippen molar-refractivity contribution in [2.24, 2.45) is 4.99 Å². The lowest BCUT2D eigenvalue weighted by Gasteiger charge is -2.31. The number of benzene rings is 1. The number of nitro benzene ring substituents is 2. The highest BCUT2D eigenvalue weighted by Gasteiger charge is 2.39. The highest BCUT2D eigenvalue weighted by atomic mass is 32.2. The fourth-order valence-electron chi connectivity index (χ4n) is 4.73. The molecule has 4 rings (SSSR count). The largest absolute Gasteiger partial charge is 0.502 e. The zero-order valence-corrected chi connectivity index (χ0v) is 19.0. The Morgan fingerprint density at radius 3 is 2.24 bits per heavy atom. The van der Waals surface area contributed by atoms with Gasteiger partial charge >= 0.3 is 5.69 Å². The maximum absolute atomic E-state index is 13.4. The van der Waals surface area contributed by atoms with Crippen molar-refractivity contribution in [1.29, 1.82) is 0 Å². The van der Waals surface area contributed by atoms with Gasteiger partial charge in [0.2, 0.25) is 5.75 Å². The van der Waals surface area contributed by atoms with Crippen molar-refractivity contribution in [3.05, 3.63) is 42.8 Å². The van der Waals surface area contributed by atoms with Crippen molar-refractivity contribution in [1.82, 2.24) is 4.90 Å². The van der Waals surface area contributed by atoms with Crippen LogP contribution in [-0.2, 0) is 4.79 Å². The monoisotopic (exact) mass is 474 g/mol. The van der Waals surface area contributed by atoms with Gasteiger partial charge in [-0.3, -0.25) is 34.9 Å². The van der Waals surface area contributed by atoms with Gasteiger partial charge in [0.05, 0.1) is 26.9 Å². The zero-order valence-electron chi connectivity index (χ0n) is 18.1. The lowest BCUT2D eigenvalue weighted by atomic mass is 9.94. The van der Waals surface area contributed by atoms with Crippen molar-refractivity contribution < 1.29 is 19.7 Å². The summed E-state index contributed by atoms with van der Waals surface area (Å²) in [7, 11) is 0. The molecule has 33 heavy (non-hydrogen) atoms. The van der Waals surface area contributed by atoms with Gasteiger partial charge in [-0.05, 0) is 43.5 Å². The van der Waals surface area contributed by atoms with Crippen LogP contribution in [0.4, 0.5) is 11.4 Å². The molecule has 3 fully saturated rings. The number of amides is 1. The van der Waals surface area contributed by atoms with Gasteiger partial charge in [-0.25, -0.2) is 0 Å². The lowest BCUT2D eigenvalue weighted by Crippen LogP contribution is -2.41. The molecule has 0 aromatic heterocycles. The number of aliphatic imine (C=N–C) groups is 1. The fraction of sp³-hybridized carbons (Fsp3) is 0.545. The first-order valence-electron chi connectivity index (χ1n) is 11.3. The van der Waals surface area contributed by atoms with Crippen LogP contribution >= 0.6 is 11.8 Å². The molecule has 2 saturated carbocycles. The number of amidine groups is 1. The Morgan fingerprint density at radius 2 is 1.64 bits per heavy atom. The Kier molecular flexibility index (Phi) is 6.96. The molecule has 3 aliphatic rings. The highest BCUT2D eigenvalue weighted by Crippen LogP contribution is 2.41. The summed E-state index contributed by atoms with van der Waals surface area (Å²) in [5, 5.41) is 33.5. The Labute approximate surface area is 195 Å². The van der Waals surface area contributed by atoms with E-state index in [0.29, 0.717) is 11.2 Å². The van der Waals surface area contributed by atoms with Crippen LogP contribution in [0, 0.1) is 20.2 Å². The summed E-state index contributed by atoms with van der Waals surface area (Å²) in [6, 6.07) is 1.96. The van der Waals surface area contributed by atoms with E-state index in [1.165, 1.54) is 24.3 Å². The summed E-state index contributed by atoms with van der Waals surface area (Å²) >= 11 is 1.18. The summed E-state index contributed by atoms with van der Waals surface area (Å²) in [4.78, 5) is 41.2. The molecule has 0 atom stereocenters. The standard InChI is InChI=1S/C22H26N4O6S/c27-20-14(11-17(25(29)30)13-18(20)26(31)32)12-19-21(28)24(16-9-5-2-6-10-16)22(33-19)23-15-7-3-1-4-8-15/h11-13,15-16,27H,1-10H2. The van der Waals surface area contributed by atoms with Gasteiger partial charge in [0, 0.05) is 17.7 Å². The number of non-ortho nitro benzene ring substituents is 1. The van der Waals surface area contributed by atoms with E-state index < -0.39 is 27.0 Å². The number of hydrogen-bond donors (Lipinski definition) is 1. The zero-order chi connectivity index (χ0) is 23.5. The average molecular weight is 475 g/mol. The molecular formula is C22H26N4O6S. The third kappa shape index (κ3) is 5.02. The van der Waals surface area contributed by atoms with Crippen LogP contribution in [0.2, 0.25) is 0 Å². The number of nitrogens with zero attached hydrogens (tertiary/aromatic N) is 4. The highest BCUT2D eigenvalue weighted by molar-refractivity contribution is 8.18. The number of nitro groups is 2. The van der Waals surface area contributed by atoms with Crippen molar-refractivity contribution in [2.75, 3.05) is 0 Å². The van der Waals surface area contributed by atoms with Gasteiger partial charge in [0.25, 0.3) is 11.6 Å². The molecular weight excluding hydrogens is 448 g/mol. The van der Waals surface area contributed by atoms with Crippen LogP contribution < -0.4 is 0 Å². The van der Waals surface area contributed by atoms with E-state index in [-0.39, 0.29) is 28.5 Å². The van der Waals surface area contributed by atoms with E-state index >= 15 is 0 Å². The summed E-state index contributed by atoms with van der Waals surface area (Å²) in [6.07, 6.45) is 11.6. The third-order valence-electron chi connectivity index (χ3n) is 6.44. The minimum atomic E-state index is -0.877. The third-order valence-corrected chi connectivity index (χ3v) is 7.44. The molecule has 1 heterocycles. The van der Waals surface area contributed by atoms with Gasteiger partial charge in [0.1, 0.15) is 0 Å². The van der Waals surface area contributed by atoms with Crippen LogP contribution in [0.3, 0.4) is 0 Å². The fourth-order valence-corrected chi connectivity index (χ4v) is 5.83. The van der Waals surface area contributed by atoms with E-state index in [2.05, 4.69) is 0 Å². The minimum Gasteiger partial charge on any atom is -0.502 e. The summed E-state index contributed by atoms with van der Waals surface area (Å²) in [5.74, 6) is -0.969. The molecule has 1 N–H and O–H groups in total. The van der Waals surface area contributed by atoms with Crippen molar-refractivity contribution in [2.45, 2.75) is 76.3 Å². The molecule has 10 nitrogen and oxygen atoms in total. The van der Waals surface area contributed by atoms with Crippen molar-refractivity contribution >= 4 is 40.3 Å². The number of phenols is 1. The van der Waals surface area contributed by atoms with Crippen LogP contribution in [0.5, 0.6) is 5.75 Å². The predicted octanol–water partition coefficient (Wildman–Crippen LogP) is 5.15. The SMILES string of the molecule is O=C1C(=Cc2cc([N+](=O)[O-])cc([N+](=O)[O-])c2O)SC(=NC2CCCCC2)N1C1CCCCC1. The molecule has 0 unspecified atom stereocenters. The van der Waals surface area contributed by atoms with Crippen molar-refractivity contribution in [3.63, 3.8) is 0 Å². The topological polar surface area (TPSA) is 139 Å². The number of carbonyl (C=O) groups excluding carboxylic acids is 1. The van der Waals surface area contributed by atoms with Gasteiger partial charge in [0.15, 0.2) is 5.17 Å². The van der Waals surface area contributed by atoms with Crippen molar-refractivity contribution in [3.8, 4) is 5.75 Å². The van der Waals surface area contributed by atoms with E-state index in [0.717, 1.165) is 63.9 Å². The van der Waals surface area contributed by atoms with Gasteiger partial charge < -0.3 is 5.11 Å². The molecule has 176 valence electrons. The molecule has 1 aromatic carbocycles. The first-order chi connectivity index (χ1) is 15.8. The molecule has 0 spiro atoms.